The highest BCUT2D eigenvalue weighted by molar-refractivity contribution is 6.30. The molecule has 2 aromatic carbocycles. The lowest BCUT2D eigenvalue weighted by atomic mass is 10.1. The van der Waals surface area contributed by atoms with E-state index < -0.39 is 5.76 Å². The molecule has 1 amide bonds. The number of aromatic nitrogens is 1. The van der Waals surface area contributed by atoms with E-state index in [4.69, 9.17) is 16.0 Å². The predicted molar refractivity (Wildman–Crippen MR) is 89.9 cm³/mol. The van der Waals surface area contributed by atoms with E-state index in [0.29, 0.717) is 29.1 Å². The van der Waals surface area contributed by atoms with Crippen molar-refractivity contribution in [3.63, 3.8) is 0 Å². The Balaban J connectivity index is 1.65. The number of oxazole rings is 1. The molecule has 1 heterocycles. The third-order valence-corrected chi connectivity index (χ3v) is 3.88. The van der Waals surface area contributed by atoms with Crippen LogP contribution in [0, 0.1) is 0 Å². The molecule has 0 spiro atoms. The quantitative estimate of drug-likeness (QED) is 0.797. The maximum Gasteiger partial charge on any atom is 0.419 e. The Morgan fingerprint density at radius 3 is 2.70 bits per heavy atom. The molecule has 0 aliphatic carbocycles. The van der Waals surface area contributed by atoms with Crippen LogP contribution in [-0.4, -0.2) is 10.5 Å². The van der Waals surface area contributed by atoms with Crippen LogP contribution in [0.5, 0.6) is 0 Å². The molecule has 0 aliphatic heterocycles. The van der Waals surface area contributed by atoms with Crippen molar-refractivity contribution in [2.75, 3.05) is 5.32 Å². The first-order valence-corrected chi connectivity index (χ1v) is 7.54. The number of fused-ring (bicyclic) bond motifs is 1. The van der Waals surface area contributed by atoms with Crippen LogP contribution in [-0.2, 0) is 18.3 Å². The summed E-state index contributed by atoms with van der Waals surface area (Å²) < 4.78 is 6.54. The van der Waals surface area contributed by atoms with E-state index in [0.717, 1.165) is 11.1 Å². The first-order valence-electron chi connectivity index (χ1n) is 7.17. The number of benzene rings is 2. The van der Waals surface area contributed by atoms with Crippen molar-refractivity contribution >= 4 is 34.3 Å². The molecule has 0 radical (unpaired) electrons. The maximum atomic E-state index is 12.0. The van der Waals surface area contributed by atoms with Crippen LogP contribution in [0.4, 0.5) is 5.69 Å². The Kier molecular flexibility index (Phi) is 4.21. The summed E-state index contributed by atoms with van der Waals surface area (Å²) in [6.45, 7) is 0. The highest BCUT2D eigenvalue weighted by Gasteiger charge is 2.08. The van der Waals surface area contributed by atoms with Crippen molar-refractivity contribution in [1.29, 1.82) is 0 Å². The zero-order chi connectivity index (χ0) is 16.4. The number of hydrogen-bond acceptors (Lipinski definition) is 3. The number of nitrogens with zero attached hydrogens (tertiary/aromatic N) is 1. The van der Waals surface area contributed by atoms with Crippen LogP contribution in [0.25, 0.3) is 11.1 Å². The fraction of sp³-hybridized carbons (Fsp3) is 0.176. The standard InChI is InChI=1S/C17H15ClN2O3/c1-20-14-10-11(2-8-15(14)23-17(20)22)3-9-16(21)19-13-6-4-12(18)5-7-13/h2,4-8,10H,3,9H2,1H3,(H,19,21). The molecule has 3 aromatic rings. The van der Waals surface area contributed by atoms with Gasteiger partial charge >= 0.3 is 5.76 Å². The molecule has 5 nitrogen and oxygen atoms in total. The number of amides is 1. The molecule has 1 N–H and O–H groups in total. The minimum absolute atomic E-state index is 0.0755. The summed E-state index contributed by atoms with van der Waals surface area (Å²) in [7, 11) is 1.66. The van der Waals surface area contributed by atoms with Gasteiger partial charge in [0.15, 0.2) is 5.58 Å². The van der Waals surface area contributed by atoms with Crippen LogP contribution < -0.4 is 11.1 Å². The van der Waals surface area contributed by atoms with Gasteiger partial charge in [0.25, 0.3) is 0 Å². The van der Waals surface area contributed by atoms with E-state index in [1.54, 1.807) is 37.4 Å². The Morgan fingerprint density at radius 1 is 1.22 bits per heavy atom. The van der Waals surface area contributed by atoms with Gasteiger partial charge < -0.3 is 9.73 Å². The van der Waals surface area contributed by atoms with Crippen molar-refractivity contribution in [2.24, 2.45) is 7.05 Å². The molecular weight excluding hydrogens is 316 g/mol. The van der Waals surface area contributed by atoms with Gasteiger partial charge in [0.1, 0.15) is 0 Å². The van der Waals surface area contributed by atoms with Gasteiger partial charge in [0.2, 0.25) is 5.91 Å². The molecular formula is C17H15ClN2O3. The minimum atomic E-state index is -0.391. The molecule has 0 aliphatic rings. The normalized spacial score (nSPS) is 10.9. The number of rotatable bonds is 4. The average Bonchev–Trinajstić information content (AvgIpc) is 2.82. The molecule has 0 bridgehead atoms. The molecule has 23 heavy (non-hydrogen) atoms. The molecule has 0 saturated heterocycles. The summed E-state index contributed by atoms with van der Waals surface area (Å²) in [5, 5.41) is 3.45. The summed E-state index contributed by atoms with van der Waals surface area (Å²) in [6, 6.07) is 12.5. The summed E-state index contributed by atoms with van der Waals surface area (Å²) in [5.74, 6) is -0.467. The van der Waals surface area contributed by atoms with Crippen molar-refractivity contribution in [3.05, 3.63) is 63.6 Å². The highest BCUT2D eigenvalue weighted by atomic mass is 35.5. The maximum absolute atomic E-state index is 12.0. The lowest BCUT2D eigenvalue weighted by Crippen LogP contribution is -2.12. The van der Waals surface area contributed by atoms with Gasteiger partial charge in [-0.15, -0.1) is 0 Å². The SMILES string of the molecule is Cn1c(=O)oc2ccc(CCC(=O)Nc3ccc(Cl)cc3)cc21. The number of carbonyl (C=O) groups excluding carboxylic acids is 1. The zero-order valence-electron chi connectivity index (χ0n) is 12.5. The third-order valence-electron chi connectivity index (χ3n) is 3.62. The van der Waals surface area contributed by atoms with Gasteiger partial charge in [-0.3, -0.25) is 9.36 Å². The Hall–Kier alpha value is -2.53. The number of nitrogens with one attached hydrogen (secondary N) is 1. The fourth-order valence-corrected chi connectivity index (χ4v) is 2.47. The monoisotopic (exact) mass is 330 g/mol. The number of aryl methyl sites for hydroxylation is 2. The Labute approximate surface area is 137 Å². The van der Waals surface area contributed by atoms with Crippen LogP contribution >= 0.6 is 11.6 Å². The molecule has 0 fully saturated rings. The first kappa shape index (κ1) is 15.4. The van der Waals surface area contributed by atoms with E-state index in [2.05, 4.69) is 5.32 Å². The predicted octanol–water partition coefficient (Wildman–Crippen LogP) is 3.36. The molecule has 3 rings (SSSR count). The van der Waals surface area contributed by atoms with Crippen LogP contribution in [0.1, 0.15) is 12.0 Å². The van der Waals surface area contributed by atoms with E-state index in [9.17, 15) is 9.59 Å². The minimum Gasteiger partial charge on any atom is -0.408 e. The molecule has 0 unspecified atom stereocenters. The molecule has 118 valence electrons. The van der Waals surface area contributed by atoms with Gasteiger partial charge in [-0.25, -0.2) is 4.79 Å². The topological polar surface area (TPSA) is 64.2 Å². The third kappa shape index (κ3) is 3.46. The molecule has 6 heteroatoms. The van der Waals surface area contributed by atoms with Crippen LogP contribution in [0.15, 0.2) is 51.7 Å². The van der Waals surface area contributed by atoms with Gasteiger partial charge in [0.05, 0.1) is 5.52 Å². The van der Waals surface area contributed by atoms with E-state index >= 15 is 0 Å². The average molecular weight is 331 g/mol. The van der Waals surface area contributed by atoms with Gasteiger partial charge in [-0.1, -0.05) is 17.7 Å². The summed E-state index contributed by atoms with van der Waals surface area (Å²) >= 11 is 5.81. The van der Waals surface area contributed by atoms with E-state index in [-0.39, 0.29) is 5.91 Å². The van der Waals surface area contributed by atoms with Gasteiger partial charge in [-0.05, 0) is 48.4 Å². The van der Waals surface area contributed by atoms with Crippen LogP contribution in [0.2, 0.25) is 5.02 Å². The number of hydrogen-bond donors (Lipinski definition) is 1. The highest BCUT2D eigenvalue weighted by Crippen LogP contribution is 2.16. The first-order chi connectivity index (χ1) is 11.0. The summed E-state index contributed by atoms with van der Waals surface area (Å²) in [5.41, 5.74) is 2.96. The van der Waals surface area contributed by atoms with Crippen LogP contribution in [0.3, 0.4) is 0 Å². The number of anilines is 1. The second-order valence-corrected chi connectivity index (χ2v) is 5.72. The molecule has 0 atom stereocenters. The fourth-order valence-electron chi connectivity index (χ4n) is 2.34. The Morgan fingerprint density at radius 2 is 1.96 bits per heavy atom. The van der Waals surface area contributed by atoms with Crippen molar-refractivity contribution in [3.8, 4) is 0 Å². The van der Waals surface area contributed by atoms with E-state index in [1.165, 1.54) is 4.57 Å². The van der Waals surface area contributed by atoms with Gasteiger partial charge in [-0.2, -0.15) is 0 Å². The largest absolute Gasteiger partial charge is 0.419 e. The van der Waals surface area contributed by atoms with Gasteiger partial charge in [0, 0.05) is 24.2 Å². The van der Waals surface area contributed by atoms with Crippen molar-refractivity contribution in [2.45, 2.75) is 12.8 Å². The molecule has 1 aromatic heterocycles. The zero-order valence-corrected chi connectivity index (χ0v) is 13.3. The van der Waals surface area contributed by atoms with Crippen molar-refractivity contribution < 1.29 is 9.21 Å². The molecule has 0 saturated carbocycles. The summed E-state index contributed by atoms with van der Waals surface area (Å²) in [6.07, 6.45) is 0.925. The van der Waals surface area contributed by atoms with E-state index in [1.807, 2.05) is 12.1 Å². The van der Waals surface area contributed by atoms with Crippen molar-refractivity contribution in [1.82, 2.24) is 4.57 Å². The number of carbonyl (C=O) groups is 1. The second kappa shape index (κ2) is 6.30. The summed E-state index contributed by atoms with van der Waals surface area (Å²) in [4.78, 5) is 23.5. The Bertz CT molecular complexity index is 910. The number of halogens is 1. The second-order valence-electron chi connectivity index (χ2n) is 5.28. The lowest BCUT2D eigenvalue weighted by Gasteiger charge is -2.05. The lowest BCUT2D eigenvalue weighted by molar-refractivity contribution is -0.116. The smallest absolute Gasteiger partial charge is 0.408 e.